The van der Waals surface area contributed by atoms with Gasteiger partial charge in [0.1, 0.15) is 10.8 Å². The number of hydrogen-bond acceptors (Lipinski definition) is 5. The van der Waals surface area contributed by atoms with Crippen molar-refractivity contribution in [2.24, 2.45) is 5.41 Å². The number of aliphatic carboxylic acids is 1. The van der Waals surface area contributed by atoms with Gasteiger partial charge in [-0.15, -0.1) is 6.58 Å². The zero-order valence-corrected chi connectivity index (χ0v) is 16.3. The van der Waals surface area contributed by atoms with E-state index in [1.165, 1.54) is 16.7 Å². The predicted molar refractivity (Wildman–Crippen MR) is 96.9 cm³/mol. The highest BCUT2D eigenvalue weighted by Crippen LogP contribution is 2.59. The minimum atomic E-state index is -1.85. The Bertz CT molecular complexity index is 611. The number of fused-ring (bicyclic) bond motifs is 1. The lowest BCUT2D eigenvalue weighted by molar-refractivity contribution is -0.180. The van der Waals surface area contributed by atoms with E-state index in [4.69, 9.17) is 16.6 Å². The minimum Gasteiger partial charge on any atom is -0.479 e. The molecule has 0 aromatic carbocycles. The van der Waals surface area contributed by atoms with Crippen LogP contribution in [0, 0.1) is 5.41 Å². The zero-order chi connectivity index (χ0) is 17.6. The van der Waals surface area contributed by atoms with Crippen molar-refractivity contribution in [3.63, 3.8) is 0 Å². The van der Waals surface area contributed by atoms with Crippen LogP contribution in [0.5, 0.6) is 0 Å². The predicted octanol–water partition coefficient (Wildman–Crippen LogP) is 2.64. The second-order valence-electron chi connectivity index (χ2n) is 6.80. The molecular weight excluding hydrogens is 350 g/mol. The second kappa shape index (κ2) is 6.18. The topological polar surface area (TPSA) is 66.8 Å². The van der Waals surface area contributed by atoms with Crippen LogP contribution in [0.15, 0.2) is 17.6 Å². The summed E-state index contributed by atoms with van der Waals surface area (Å²) in [5.41, 5.74) is -0.783. The molecule has 0 spiro atoms. The van der Waals surface area contributed by atoms with Gasteiger partial charge < -0.3 is 14.4 Å². The largest absolute Gasteiger partial charge is 0.479 e. The third-order valence-electron chi connectivity index (χ3n) is 4.16. The highest BCUT2D eigenvalue weighted by atomic mass is 32.2. The number of amides is 1. The van der Waals surface area contributed by atoms with Gasteiger partial charge in [-0.05, 0) is 50.2 Å². The van der Waals surface area contributed by atoms with Gasteiger partial charge in [-0.3, -0.25) is 4.79 Å². The molecule has 2 heterocycles. The molecule has 5 nitrogen and oxygen atoms in total. The fraction of sp³-hybridized carbons (Fsp3) is 0.600. The summed E-state index contributed by atoms with van der Waals surface area (Å²) >= 11 is 6.13. The van der Waals surface area contributed by atoms with Crippen molar-refractivity contribution in [3.05, 3.63) is 17.6 Å². The van der Waals surface area contributed by atoms with Crippen LogP contribution >= 0.6 is 24.0 Å². The van der Waals surface area contributed by atoms with Crippen molar-refractivity contribution in [2.75, 3.05) is 0 Å². The second-order valence-corrected chi connectivity index (χ2v) is 12.6. The van der Waals surface area contributed by atoms with Crippen LogP contribution in [-0.4, -0.2) is 52.7 Å². The molecule has 2 aliphatic heterocycles. The van der Waals surface area contributed by atoms with E-state index in [2.05, 4.69) is 31.2 Å². The maximum absolute atomic E-state index is 12.9. The molecule has 0 saturated carbocycles. The summed E-state index contributed by atoms with van der Waals surface area (Å²) in [4.78, 5) is 26.2. The molecule has 0 aliphatic carbocycles. The fourth-order valence-corrected chi connectivity index (χ4v) is 6.36. The van der Waals surface area contributed by atoms with Gasteiger partial charge in [0, 0.05) is 0 Å². The Morgan fingerprint density at radius 3 is 2.70 bits per heavy atom. The summed E-state index contributed by atoms with van der Waals surface area (Å²) in [6.07, 6.45) is 1.84. The van der Waals surface area contributed by atoms with E-state index in [0.717, 1.165) is 0 Å². The van der Waals surface area contributed by atoms with Crippen molar-refractivity contribution < 1.29 is 19.1 Å². The number of carbonyl (C=O) groups is 2. The van der Waals surface area contributed by atoms with Gasteiger partial charge in [0.15, 0.2) is 14.4 Å². The van der Waals surface area contributed by atoms with E-state index in [9.17, 15) is 14.7 Å². The Morgan fingerprint density at radius 1 is 1.65 bits per heavy atom. The first kappa shape index (κ1) is 18.4. The molecule has 0 radical (unpaired) electrons. The molecule has 2 saturated heterocycles. The maximum Gasteiger partial charge on any atom is 0.332 e. The molecule has 8 heteroatoms. The summed E-state index contributed by atoms with van der Waals surface area (Å²) in [5.74, 6) is -1.28. The summed E-state index contributed by atoms with van der Waals surface area (Å²) in [6, 6.07) is -1.02. The smallest absolute Gasteiger partial charge is 0.332 e. The van der Waals surface area contributed by atoms with Crippen molar-refractivity contribution in [2.45, 2.75) is 50.5 Å². The number of thioether (sulfide) groups is 1. The SMILES string of the molecule is C=CC[C@]1(C(C)O[Si](C)(C)C)C(=O)N2C(C(=O)O)C(=C=S)S[C@@H]21. The van der Waals surface area contributed by atoms with Crippen LogP contribution in [0.4, 0.5) is 0 Å². The van der Waals surface area contributed by atoms with E-state index in [1.54, 1.807) is 6.08 Å². The molecular formula is C15H21NO4S2Si. The van der Waals surface area contributed by atoms with Gasteiger partial charge in [0.2, 0.25) is 5.91 Å². The number of allylic oxidation sites excluding steroid dienone is 1. The van der Waals surface area contributed by atoms with Crippen LogP contribution in [0.2, 0.25) is 19.6 Å². The Hall–Kier alpha value is -0.923. The number of carboxylic acids is 1. The average molecular weight is 372 g/mol. The number of β-lactam (4-membered cyclic amide) rings is 1. The number of rotatable bonds is 6. The van der Waals surface area contributed by atoms with E-state index in [0.29, 0.717) is 11.3 Å². The molecule has 2 fully saturated rings. The summed E-state index contributed by atoms with van der Waals surface area (Å²) in [7, 11) is -1.85. The first-order valence-corrected chi connectivity index (χ1v) is 12.1. The molecule has 23 heavy (non-hydrogen) atoms. The number of thiocarbonyl (C=S) groups is 1. The first-order valence-electron chi connectivity index (χ1n) is 7.36. The minimum absolute atomic E-state index is 0.201. The van der Waals surface area contributed by atoms with Crippen molar-refractivity contribution >= 4 is 49.2 Å². The quantitative estimate of drug-likeness (QED) is 0.335. The third kappa shape index (κ3) is 2.83. The van der Waals surface area contributed by atoms with Gasteiger partial charge >= 0.3 is 5.97 Å². The van der Waals surface area contributed by atoms with Gasteiger partial charge in [-0.2, -0.15) is 0 Å². The van der Waals surface area contributed by atoms with Crippen molar-refractivity contribution in [1.82, 2.24) is 4.90 Å². The van der Waals surface area contributed by atoms with Crippen LogP contribution < -0.4 is 0 Å². The van der Waals surface area contributed by atoms with Gasteiger partial charge in [0.25, 0.3) is 0 Å². The molecule has 1 N–H and O–H groups in total. The molecule has 0 aromatic heterocycles. The maximum atomic E-state index is 12.9. The highest BCUT2D eigenvalue weighted by molar-refractivity contribution is 8.05. The molecule has 126 valence electrons. The Kier molecular flexibility index (Phi) is 4.95. The van der Waals surface area contributed by atoms with Crippen LogP contribution in [0.25, 0.3) is 0 Å². The lowest BCUT2D eigenvalue weighted by atomic mass is 9.70. The number of carboxylic acid groups (broad SMARTS) is 1. The Balaban J connectivity index is 2.41. The third-order valence-corrected chi connectivity index (χ3v) is 7.02. The Labute approximate surface area is 146 Å². The molecule has 4 atom stereocenters. The lowest BCUT2D eigenvalue weighted by Crippen LogP contribution is -2.72. The monoisotopic (exact) mass is 371 g/mol. The first-order chi connectivity index (χ1) is 10.6. The summed E-state index contributed by atoms with van der Waals surface area (Å²) in [6.45, 7) is 11.9. The molecule has 0 bridgehead atoms. The summed E-state index contributed by atoms with van der Waals surface area (Å²) in [5, 5.41) is 11.6. The molecule has 0 aromatic rings. The molecule has 2 rings (SSSR count). The average Bonchev–Trinajstić information content (AvgIpc) is 2.78. The standard InChI is InChI=1S/C15H21NO4S2Si/c1-6-7-15(9(2)20-23(3,4)5)13(19)16-11(12(17)18)10(8-21)22-14(15)16/h6,9,11,14H,1,7H2,2-5H3,(H,17,18)/t9?,11?,14-,15+/m1/s1. The highest BCUT2D eigenvalue weighted by Gasteiger charge is 2.70. The lowest BCUT2D eigenvalue weighted by Gasteiger charge is -2.56. The van der Waals surface area contributed by atoms with E-state index in [-0.39, 0.29) is 17.4 Å². The Morgan fingerprint density at radius 2 is 2.26 bits per heavy atom. The number of carbonyl (C=O) groups excluding carboxylic acids is 1. The number of hydrogen-bond donors (Lipinski definition) is 1. The fourth-order valence-electron chi connectivity index (χ4n) is 3.27. The number of nitrogens with zero attached hydrogens (tertiary/aromatic N) is 1. The van der Waals surface area contributed by atoms with Gasteiger partial charge in [-0.25, -0.2) is 4.79 Å². The van der Waals surface area contributed by atoms with Crippen LogP contribution in [0.1, 0.15) is 13.3 Å². The van der Waals surface area contributed by atoms with E-state index < -0.39 is 25.7 Å². The van der Waals surface area contributed by atoms with Gasteiger partial charge in [-0.1, -0.05) is 17.8 Å². The van der Waals surface area contributed by atoms with Crippen molar-refractivity contribution in [3.8, 4) is 0 Å². The van der Waals surface area contributed by atoms with Crippen LogP contribution in [0.3, 0.4) is 0 Å². The molecule has 1 amide bonds. The molecule has 2 unspecified atom stereocenters. The van der Waals surface area contributed by atoms with Gasteiger partial charge in [0.05, 0.1) is 11.0 Å². The normalized spacial score (nSPS) is 31.2. The van der Waals surface area contributed by atoms with Crippen LogP contribution in [-0.2, 0) is 14.0 Å². The molecule has 2 aliphatic rings. The van der Waals surface area contributed by atoms with E-state index >= 15 is 0 Å². The van der Waals surface area contributed by atoms with Crippen molar-refractivity contribution in [1.29, 1.82) is 0 Å². The van der Waals surface area contributed by atoms with E-state index in [1.807, 2.05) is 6.92 Å². The zero-order valence-electron chi connectivity index (χ0n) is 13.7. The summed E-state index contributed by atoms with van der Waals surface area (Å²) < 4.78 is 6.17.